The van der Waals surface area contributed by atoms with E-state index in [4.69, 9.17) is 9.47 Å². The van der Waals surface area contributed by atoms with Crippen LogP contribution in [-0.4, -0.2) is 25.8 Å². The van der Waals surface area contributed by atoms with Gasteiger partial charge in [0.1, 0.15) is 11.4 Å². The number of esters is 1. The predicted molar refractivity (Wildman–Crippen MR) is 64.7 cm³/mol. The Labute approximate surface area is 106 Å². The third-order valence-corrected chi connectivity index (χ3v) is 2.08. The molecule has 1 aromatic rings. The number of benzene rings is 1. The van der Waals surface area contributed by atoms with Crippen molar-refractivity contribution in [1.29, 1.82) is 0 Å². The predicted octanol–water partition coefficient (Wildman–Crippen LogP) is 2.80. The van der Waals surface area contributed by atoms with Gasteiger partial charge in [0.25, 0.3) is 0 Å². The van der Waals surface area contributed by atoms with E-state index in [1.165, 1.54) is 13.2 Å². The molecule has 1 rings (SSSR count). The fourth-order valence-corrected chi connectivity index (χ4v) is 1.45. The van der Waals surface area contributed by atoms with Gasteiger partial charge < -0.3 is 14.2 Å². The Kier molecular flexibility index (Phi) is 4.95. The molecule has 0 bridgehead atoms. The lowest BCUT2D eigenvalue weighted by Gasteiger charge is -2.17. The normalized spacial score (nSPS) is 10.3. The van der Waals surface area contributed by atoms with Crippen molar-refractivity contribution in [1.82, 2.24) is 0 Å². The van der Waals surface area contributed by atoms with Crippen LogP contribution in [0.4, 0.5) is 4.39 Å². The first-order valence-corrected chi connectivity index (χ1v) is 5.70. The summed E-state index contributed by atoms with van der Waals surface area (Å²) in [6, 6.07) is 2.26. The molecule has 0 aliphatic rings. The van der Waals surface area contributed by atoms with Gasteiger partial charge in [-0.2, -0.15) is 0 Å². The zero-order valence-corrected chi connectivity index (χ0v) is 11.0. The van der Waals surface area contributed by atoms with Gasteiger partial charge in [0.15, 0.2) is 11.5 Å². The summed E-state index contributed by atoms with van der Waals surface area (Å²) in [5, 5.41) is 0. The summed E-state index contributed by atoms with van der Waals surface area (Å²) < 4.78 is 28.8. The van der Waals surface area contributed by atoms with Gasteiger partial charge in [-0.1, -0.05) is 0 Å². The van der Waals surface area contributed by atoms with E-state index in [1.54, 1.807) is 20.8 Å². The molecule has 0 amide bonds. The van der Waals surface area contributed by atoms with Crippen LogP contribution in [0.2, 0.25) is 0 Å². The van der Waals surface area contributed by atoms with E-state index in [9.17, 15) is 9.18 Å². The quantitative estimate of drug-likeness (QED) is 0.760. The summed E-state index contributed by atoms with van der Waals surface area (Å²) in [7, 11) is 1.23. The van der Waals surface area contributed by atoms with Crippen LogP contribution in [0.5, 0.6) is 11.5 Å². The van der Waals surface area contributed by atoms with Gasteiger partial charge >= 0.3 is 5.97 Å². The number of hydrogen-bond acceptors (Lipinski definition) is 4. The molecule has 0 unspecified atom stereocenters. The van der Waals surface area contributed by atoms with E-state index in [2.05, 4.69) is 4.74 Å². The van der Waals surface area contributed by atoms with Crippen LogP contribution < -0.4 is 9.47 Å². The molecule has 0 spiro atoms. The van der Waals surface area contributed by atoms with Crippen molar-refractivity contribution in [2.75, 3.05) is 13.7 Å². The maximum absolute atomic E-state index is 13.4. The minimum absolute atomic E-state index is 0.0228. The number of rotatable bonds is 5. The molecule has 0 heterocycles. The first-order chi connectivity index (χ1) is 8.49. The second-order valence-electron chi connectivity index (χ2n) is 3.87. The lowest BCUT2D eigenvalue weighted by molar-refractivity contribution is 0.0592. The second-order valence-corrected chi connectivity index (χ2v) is 3.87. The van der Waals surface area contributed by atoms with Crippen molar-refractivity contribution in [3.63, 3.8) is 0 Å². The number of methoxy groups -OCH3 is 1. The third kappa shape index (κ3) is 3.35. The maximum atomic E-state index is 13.4. The van der Waals surface area contributed by atoms with Gasteiger partial charge in [-0.15, -0.1) is 0 Å². The molecule has 0 N–H and O–H groups in total. The lowest BCUT2D eigenvalue weighted by Crippen LogP contribution is -2.13. The molecule has 0 aliphatic carbocycles. The molecule has 0 saturated carbocycles. The van der Waals surface area contributed by atoms with Crippen molar-refractivity contribution in [3.8, 4) is 11.5 Å². The Bertz CT molecular complexity index is 429. The number of carbonyl (C=O) groups excluding carboxylic acids is 1. The summed E-state index contributed by atoms with van der Waals surface area (Å²) in [5.41, 5.74) is 0.0228. The first-order valence-electron chi connectivity index (χ1n) is 5.70. The van der Waals surface area contributed by atoms with Crippen LogP contribution in [0.25, 0.3) is 0 Å². The Hall–Kier alpha value is -1.78. The third-order valence-electron chi connectivity index (χ3n) is 2.08. The zero-order valence-electron chi connectivity index (χ0n) is 11.0. The van der Waals surface area contributed by atoms with E-state index >= 15 is 0 Å². The van der Waals surface area contributed by atoms with Crippen LogP contribution in [0.15, 0.2) is 12.1 Å². The molecule has 0 radical (unpaired) electrons. The van der Waals surface area contributed by atoms with Crippen LogP contribution in [0.3, 0.4) is 0 Å². The SMILES string of the molecule is CCOc1cc(F)cc(C(=O)OC)c1OC(C)C. The van der Waals surface area contributed by atoms with Gasteiger partial charge in [0.2, 0.25) is 0 Å². The average molecular weight is 256 g/mol. The summed E-state index contributed by atoms with van der Waals surface area (Å²) >= 11 is 0. The van der Waals surface area contributed by atoms with E-state index in [0.29, 0.717) is 6.61 Å². The molecule has 0 saturated heterocycles. The molecule has 100 valence electrons. The highest BCUT2D eigenvalue weighted by molar-refractivity contribution is 5.93. The standard InChI is InChI=1S/C13H17FO4/c1-5-17-11-7-9(14)6-10(13(15)16-4)12(11)18-8(2)3/h6-8H,5H2,1-4H3. The van der Waals surface area contributed by atoms with Crippen molar-refractivity contribution in [2.45, 2.75) is 26.9 Å². The Morgan fingerprint density at radius 3 is 2.56 bits per heavy atom. The van der Waals surface area contributed by atoms with E-state index in [0.717, 1.165) is 6.07 Å². The number of halogens is 1. The maximum Gasteiger partial charge on any atom is 0.341 e. The highest BCUT2D eigenvalue weighted by atomic mass is 19.1. The fourth-order valence-electron chi connectivity index (χ4n) is 1.45. The Morgan fingerprint density at radius 1 is 1.39 bits per heavy atom. The van der Waals surface area contributed by atoms with Crippen molar-refractivity contribution in [2.24, 2.45) is 0 Å². The first kappa shape index (κ1) is 14.3. The van der Waals surface area contributed by atoms with Gasteiger partial charge in [-0.25, -0.2) is 9.18 Å². The van der Waals surface area contributed by atoms with E-state index in [1.807, 2.05) is 0 Å². The van der Waals surface area contributed by atoms with Crippen LogP contribution in [0.1, 0.15) is 31.1 Å². The van der Waals surface area contributed by atoms with Gasteiger partial charge in [0, 0.05) is 6.07 Å². The van der Waals surface area contributed by atoms with Gasteiger partial charge in [-0.3, -0.25) is 0 Å². The van der Waals surface area contributed by atoms with Crippen molar-refractivity contribution < 1.29 is 23.4 Å². The largest absolute Gasteiger partial charge is 0.490 e. The molecule has 18 heavy (non-hydrogen) atoms. The number of hydrogen-bond donors (Lipinski definition) is 0. The highest BCUT2D eigenvalue weighted by Crippen LogP contribution is 2.34. The monoisotopic (exact) mass is 256 g/mol. The fraction of sp³-hybridized carbons (Fsp3) is 0.462. The lowest BCUT2D eigenvalue weighted by atomic mass is 10.1. The van der Waals surface area contributed by atoms with E-state index < -0.39 is 11.8 Å². The zero-order chi connectivity index (χ0) is 13.7. The molecule has 1 aromatic carbocycles. The second kappa shape index (κ2) is 6.23. The topological polar surface area (TPSA) is 44.8 Å². The van der Waals surface area contributed by atoms with E-state index in [-0.39, 0.29) is 23.2 Å². The molecule has 4 nitrogen and oxygen atoms in total. The molecular formula is C13H17FO4. The molecule has 0 fully saturated rings. The minimum Gasteiger partial charge on any atom is -0.490 e. The molecule has 0 atom stereocenters. The number of carbonyl (C=O) groups is 1. The smallest absolute Gasteiger partial charge is 0.341 e. The summed E-state index contributed by atoms with van der Waals surface area (Å²) in [4.78, 5) is 11.6. The summed E-state index contributed by atoms with van der Waals surface area (Å²) in [6.07, 6.45) is -0.168. The average Bonchev–Trinajstić information content (AvgIpc) is 2.31. The van der Waals surface area contributed by atoms with Crippen LogP contribution in [0, 0.1) is 5.82 Å². The Balaban J connectivity index is 3.32. The van der Waals surface area contributed by atoms with Crippen molar-refractivity contribution in [3.05, 3.63) is 23.5 Å². The number of ether oxygens (including phenoxy) is 3. The molecular weight excluding hydrogens is 239 g/mol. The Morgan fingerprint density at radius 2 is 2.06 bits per heavy atom. The summed E-state index contributed by atoms with van der Waals surface area (Å²) in [5.74, 6) is -0.826. The highest BCUT2D eigenvalue weighted by Gasteiger charge is 2.21. The van der Waals surface area contributed by atoms with Gasteiger partial charge in [0.05, 0.1) is 19.8 Å². The molecule has 0 aliphatic heterocycles. The molecule has 0 aromatic heterocycles. The van der Waals surface area contributed by atoms with Crippen LogP contribution in [-0.2, 0) is 4.74 Å². The van der Waals surface area contributed by atoms with Crippen LogP contribution >= 0.6 is 0 Å². The van der Waals surface area contributed by atoms with Gasteiger partial charge in [-0.05, 0) is 26.8 Å². The molecule has 5 heteroatoms. The minimum atomic E-state index is -0.661. The summed E-state index contributed by atoms with van der Waals surface area (Å²) in [6.45, 7) is 5.72. The van der Waals surface area contributed by atoms with Crippen molar-refractivity contribution >= 4 is 5.97 Å².